The standard InChI is InChI=1S/C21H23Cl3N2O2/c1-14(17-4-2-15(22)12-19(17)24)25-20-13-16(3-5-18(20)23)26-8-6-21(7-9-26)27-10-11-28-21/h2-5,12-14,25H,6-11H2,1H3/t14-/m1/s1. The Morgan fingerprint density at radius 2 is 1.68 bits per heavy atom. The number of ether oxygens (including phenoxy) is 2. The van der Waals surface area contributed by atoms with Crippen molar-refractivity contribution in [2.45, 2.75) is 31.6 Å². The van der Waals surface area contributed by atoms with Crippen LogP contribution in [0, 0.1) is 0 Å². The summed E-state index contributed by atoms with van der Waals surface area (Å²) in [5, 5.41) is 5.42. The number of rotatable bonds is 4. The van der Waals surface area contributed by atoms with Gasteiger partial charge in [0, 0.05) is 41.7 Å². The normalized spacial score (nSPS) is 19.8. The molecule has 0 bridgehead atoms. The molecule has 1 atom stereocenters. The van der Waals surface area contributed by atoms with Gasteiger partial charge < -0.3 is 19.7 Å². The van der Waals surface area contributed by atoms with Crippen LogP contribution in [0.15, 0.2) is 36.4 Å². The first-order valence-corrected chi connectivity index (χ1v) is 10.6. The monoisotopic (exact) mass is 440 g/mol. The molecule has 2 aromatic rings. The summed E-state index contributed by atoms with van der Waals surface area (Å²) >= 11 is 18.8. The summed E-state index contributed by atoms with van der Waals surface area (Å²) < 4.78 is 11.7. The second-order valence-corrected chi connectivity index (χ2v) is 8.54. The molecular weight excluding hydrogens is 419 g/mol. The molecule has 0 amide bonds. The maximum atomic E-state index is 6.46. The third kappa shape index (κ3) is 4.22. The highest BCUT2D eigenvalue weighted by molar-refractivity contribution is 6.35. The van der Waals surface area contributed by atoms with E-state index in [9.17, 15) is 0 Å². The number of hydrogen-bond acceptors (Lipinski definition) is 4. The van der Waals surface area contributed by atoms with Gasteiger partial charge in [-0.05, 0) is 42.8 Å². The van der Waals surface area contributed by atoms with E-state index in [1.165, 1.54) is 0 Å². The number of nitrogens with zero attached hydrogens (tertiary/aromatic N) is 1. The molecule has 2 aliphatic rings. The second kappa shape index (κ2) is 8.29. The average molecular weight is 442 g/mol. The largest absolute Gasteiger partial charge is 0.377 e. The zero-order chi connectivity index (χ0) is 19.7. The maximum absolute atomic E-state index is 6.46. The first kappa shape index (κ1) is 20.1. The van der Waals surface area contributed by atoms with Gasteiger partial charge in [-0.1, -0.05) is 40.9 Å². The van der Waals surface area contributed by atoms with Crippen LogP contribution in [-0.4, -0.2) is 32.1 Å². The van der Waals surface area contributed by atoms with Crippen molar-refractivity contribution in [3.05, 3.63) is 57.0 Å². The predicted molar refractivity (Wildman–Crippen MR) is 116 cm³/mol. The quantitative estimate of drug-likeness (QED) is 0.616. The molecule has 2 aliphatic heterocycles. The van der Waals surface area contributed by atoms with Gasteiger partial charge in [0.05, 0.1) is 30.0 Å². The van der Waals surface area contributed by atoms with Crippen molar-refractivity contribution in [1.29, 1.82) is 0 Å². The van der Waals surface area contributed by atoms with E-state index in [1.807, 2.05) is 18.2 Å². The third-order valence-electron chi connectivity index (χ3n) is 5.45. The highest BCUT2D eigenvalue weighted by Crippen LogP contribution is 2.36. The maximum Gasteiger partial charge on any atom is 0.171 e. The zero-order valence-corrected chi connectivity index (χ0v) is 17.9. The van der Waals surface area contributed by atoms with E-state index in [-0.39, 0.29) is 11.8 Å². The molecule has 0 aromatic heterocycles. The molecule has 28 heavy (non-hydrogen) atoms. The first-order valence-electron chi connectivity index (χ1n) is 9.50. The molecule has 7 heteroatoms. The molecule has 2 aromatic carbocycles. The van der Waals surface area contributed by atoms with Crippen molar-refractivity contribution < 1.29 is 9.47 Å². The van der Waals surface area contributed by atoms with Gasteiger partial charge in [-0.25, -0.2) is 0 Å². The second-order valence-electron chi connectivity index (χ2n) is 7.29. The molecule has 4 nitrogen and oxygen atoms in total. The van der Waals surface area contributed by atoms with Gasteiger partial charge in [-0.2, -0.15) is 0 Å². The van der Waals surface area contributed by atoms with Crippen LogP contribution in [0.4, 0.5) is 11.4 Å². The van der Waals surface area contributed by atoms with Crippen LogP contribution in [0.1, 0.15) is 31.4 Å². The lowest BCUT2D eigenvalue weighted by molar-refractivity contribution is -0.169. The van der Waals surface area contributed by atoms with Gasteiger partial charge in [-0.3, -0.25) is 0 Å². The van der Waals surface area contributed by atoms with E-state index in [2.05, 4.69) is 29.3 Å². The minimum atomic E-state index is -0.371. The number of benzene rings is 2. The van der Waals surface area contributed by atoms with Crippen molar-refractivity contribution in [2.75, 3.05) is 36.5 Å². The number of nitrogens with one attached hydrogen (secondary N) is 1. The lowest BCUT2D eigenvalue weighted by Crippen LogP contribution is -2.45. The van der Waals surface area contributed by atoms with Crippen LogP contribution in [0.25, 0.3) is 0 Å². The molecule has 1 spiro atoms. The van der Waals surface area contributed by atoms with Crippen molar-refractivity contribution in [2.24, 2.45) is 0 Å². The molecule has 150 valence electrons. The first-order chi connectivity index (χ1) is 13.5. The summed E-state index contributed by atoms with van der Waals surface area (Å²) in [5.74, 6) is -0.371. The Morgan fingerprint density at radius 1 is 0.964 bits per heavy atom. The molecular formula is C21H23Cl3N2O2. The highest BCUT2D eigenvalue weighted by Gasteiger charge is 2.39. The molecule has 0 aliphatic carbocycles. The number of piperidine rings is 1. The Kier molecular flexibility index (Phi) is 5.96. The van der Waals surface area contributed by atoms with Crippen LogP contribution in [0.3, 0.4) is 0 Å². The SMILES string of the molecule is C[C@@H](Nc1cc(N2CCC3(CC2)OCCO3)ccc1Cl)c1ccc(Cl)cc1Cl. The Morgan fingerprint density at radius 3 is 2.36 bits per heavy atom. The molecule has 2 heterocycles. The van der Waals surface area contributed by atoms with Crippen LogP contribution in [0.5, 0.6) is 0 Å². The molecule has 0 radical (unpaired) electrons. The highest BCUT2D eigenvalue weighted by atomic mass is 35.5. The Balaban J connectivity index is 1.48. The van der Waals surface area contributed by atoms with E-state index in [1.54, 1.807) is 6.07 Å². The fourth-order valence-corrected chi connectivity index (χ4v) is 4.62. The van der Waals surface area contributed by atoms with Crippen LogP contribution in [-0.2, 0) is 9.47 Å². The van der Waals surface area contributed by atoms with Crippen LogP contribution < -0.4 is 10.2 Å². The summed E-state index contributed by atoms with van der Waals surface area (Å²) in [6.45, 7) is 5.22. The average Bonchev–Trinajstić information content (AvgIpc) is 3.12. The summed E-state index contributed by atoms with van der Waals surface area (Å²) in [4.78, 5) is 2.34. The Hall–Kier alpha value is -1.17. The van der Waals surface area contributed by atoms with Crippen LogP contribution >= 0.6 is 34.8 Å². The van der Waals surface area contributed by atoms with Gasteiger partial charge in [0.1, 0.15) is 0 Å². The molecule has 2 saturated heterocycles. The van der Waals surface area contributed by atoms with Gasteiger partial charge in [0.2, 0.25) is 0 Å². The van der Waals surface area contributed by atoms with Crippen molar-refractivity contribution in [1.82, 2.24) is 0 Å². The minimum absolute atomic E-state index is 0.0116. The Bertz CT molecular complexity index is 846. The van der Waals surface area contributed by atoms with E-state index < -0.39 is 0 Å². The van der Waals surface area contributed by atoms with Gasteiger partial charge in [-0.15, -0.1) is 0 Å². The predicted octanol–water partition coefficient (Wildman–Crippen LogP) is 6.16. The molecule has 4 rings (SSSR count). The summed E-state index contributed by atoms with van der Waals surface area (Å²) in [6, 6.07) is 11.6. The van der Waals surface area contributed by atoms with Gasteiger partial charge >= 0.3 is 0 Å². The lowest BCUT2D eigenvalue weighted by atomic mass is 10.0. The van der Waals surface area contributed by atoms with E-state index >= 15 is 0 Å². The number of halogens is 3. The van der Waals surface area contributed by atoms with Crippen LogP contribution in [0.2, 0.25) is 15.1 Å². The topological polar surface area (TPSA) is 33.7 Å². The minimum Gasteiger partial charge on any atom is -0.377 e. The molecule has 0 saturated carbocycles. The number of hydrogen-bond donors (Lipinski definition) is 1. The van der Waals surface area contributed by atoms with E-state index in [0.717, 1.165) is 42.9 Å². The van der Waals surface area contributed by atoms with Gasteiger partial charge in [0.15, 0.2) is 5.79 Å². The zero-order valence-electron chi connectivity index (χ0n) is 15.7. The lowest BCUT2D eigenvalue weighted by Gasteiger charge is -2.38. The fourth-order valence-electron chi connectivity index (χ4n) is 3.88. The molecule has 2 fully saturated rings. The van der Waals surface area contributed by atoms with E-state index in [0.29, 0.717) is 28.3 Å². The van der Waals surface area contributed by atoms with Crippen molar-refractivity contribution in [3.8, 4) is 0 Å². The fraction of sp³-hybridized carbons (Fsp3) is 0.429. The molecule has 0 unspecified atom stereocenters. The Labute approximate surface area is 180 Å². The summed E-state index contributed by atoms with van der Waals surface area (Å²) in [7, 11) is 0. The van der Waals surface area contributed by atoms with E-state index in [4.69, 9.17) is 44.3 Å². The van der Waals surface area contributed by atoms with Gasteiger partial charge in [0.25, 0.3) is 0 Å². The van der Waals surface area contributed by atoms with Crippen molar-refractivity contribution >= 4 is 46.2 Å². The smallest absolute Gasteiger partial charge is 0.171 e. The van der Waals surface area contributed by atoms with Crippen molar-refractivity contribution in [3.63, 3.8) is 0 Å². The third-order valence-corrected chi connectivity index (χ3v) is 6.35. The summed E-state index contributed by atoms with van der Waals surface area (Å²) in [5.41, 5.74) is 2.99. The summed E-state index contributed by atoms with van der Waals surface area (Å²) in [6.07, 6.45) is 1.74. The number of anilines is 2. The molecule has 1 N–H and O–H groups in total.